The van der Waals surface area contributed by atoms with Crippen molar-refractivity contribution in [3.8, 4) is 0 Å². The molecule has 0 aliphatic carbocycles. The van der Waals surface area contributed by atoms with E-state index in [1.54, 1.807) is 18.2 Å². The molecule has 0 saturated carbocycles. The van der Waals surface area contributed by atoms with Crippen LogP contribution in [0.25, 0.3) is 0 Å². The van der Waals surface area contributed by atoms with Gasteiger partial charge in [0.15, 0.2) is 5.11 Å². The SMILES string of the molecule is C=CCN(NC(=O)c1cccs1)C(N)=S. The van der Waals surface area contributed by atoms with Crippen molar-refractivity contribution < 1.29 is 4.79 Å². The molecule has 80 valence electrons. The van der Waals surface area contributed by atoms with Crippen LogP contribution in [0.1, 0.15) is 9.67 Å². The number of rotatable bonds is 3. The zero-order valence-corrected chi connectivity index (χ0v) is 9.61. The van der Waals surface area contributed by atoms with Crippen LogP contribution in [0.3, 0.4) is 0 Å². The van der Waals surface area contributed by atoms with Crippen LogP contribution in [0.4, 0.5) is 0 Å². The van der Waals surface area contributed by atoms with Gasteiger partial charge in [0.1, 0.15) is 0 Å². The maximum atomic E-state index is 11.6. The van der Waals surface area contributed by atoms with E-state index >= 15 is 0 Å². The van der Waals surface area contributed by atoms with Crippen LogP contribution in [0.2, 0.25) is 0 Å². The second-order valence-corrected chi connectivity index (χ2v) is 4.02. The van der Waals surface area contributed by atoms with Gasteiger partial charge in [0.25, 0.3) is 5.91 Å². The van der Waals surface area contributed by atoms with Crippen LogP contribution < -0.4 is 11.2 Å². The molecule has 6 heteroatoms. The van der Waals surface area contributed by atoms with Gasteiger partial charge in [0.05, 0.1) is 11.4 Å². The summed E-state index contributed by atoms with van der Waals surface area (Å²) in [5.74, 6) is -0.223. The lowest BCUT2D eigenvalue weighted by Crippen LogP contribution is -2.48. The Balaban J connectivity index is 2.62. The number of thiophene rings is 1. The lowest BCUT2D eigenvalue weighted by molar-refractivity contribution is 0.0883. The Morgan fingerprint density at radius 3 is 3.00 bits per heavy atom. The summed E-state index contributed by atoms with van der Waals surface area (Å²) < 4.78 is 0. The Hall–Kier alpha value is -1.40. The second kappa shape index (κ2) is 5.47. The summed E-state index contributed by atoms with van der Waals surface area (Å²) in [5.41, 5.74) is 8.01. The van der Waals surface area contributed by atoms with E-state index in [0.717, 1.165) is 0 Å². The summed E-state index contributed by atoms with van der Waals surface area (Å²) in [4.78, 5) is 12.2. The number of thiocarbonyl (C=S) groups is 1. The highest BCUT2D eigenvalue weighted by atomic mass is 32.1. The Morgan fingerprint density at radius 1 is 1.80 bits per heavy atom. The van der Waals surface area contributed by atoms with Gasteiger partial charge >= 0.3 is 0 Å². The molecule has 0 spiro atoms. The number of nitrogens with zero attached hydrogens (tertiary/aromatic N) is 1. The molecule has 4 nitrogen and oxygen atoms in total. The van der Waals surface area contributed by atoms with Crippen molar-refractivity contribution in [3.05, 3.63) is 35.0 Å². The fourth-order valence-corrected chi connectivity index (χ4v) is 1.64. The van der Waals surface area contributed by atoms with E-state index in [0.29, 0.717) is 11.4 Å². The molecule has 0 radical (unpaired) electrons. The van der Waals surface area contributed by atoms with Crippen molar-refractivity contribution in [2.45, 2.75) is 0 Å². The third-order valence-electron chi connectivity index (χ3n) is 1.56. The number of carbonyl (C=O) groups is 1. The standard InChI is InChI=1S/C9H11N3OS2/c1-2-5-12(9(10)14)11-8(13)7-4-3-6-15-7/h2-4,6H,1,5H2,(H2,10,14)(H,11,13). The molecule has 0 fully saturated rings. The van der Waals surface area contributed by atoms with Gasteiger partial charge in [-0.2, -0.15) is 0 Å². The molecule has 0 bridgehead atoms. The predicted molar refractivity (Wildman–Crippen MR) is 65.5 cm³/mol. The third kappa shape index (κ3) is 3.34. The van der Waals surface area contributed by atoms with Crippen LogP contribution in [0.15, 0.2) is 30.2 Å². The number of nitrogens with two attached hydrogens (primary N) is 1. The molecule has 1 aromatic rings. The first kappa shape index (κ1) is 11.7. The number of nitrogens with one attached hydrogen (secondary N) is 1. The molecule has 1 aromatic heterocycles. The third-order valence-corrected chi connectivity index (χ3v) is 2.65. The van der Waals surface area contributed by atoms with E-state index < -0.39 is 0 Å². The molecule has 0 aromatic carbocycles. The normalized spacial score (nSPS) is 9.33. The maximum absolute atomic E-state index is 11.6. The highest BCUT2D eigenvalue weighted by molar-refractivity contribution is 7.80. The largest absolute Gasteiger partial charge is 0.375 e. The minimum atomic E-state index is -0.223. The quantitative estimate of drug-likeness (QED) is 0.473. The summed E-state index contributed by atoms with van der Waals surface area (Å²) in [6, 6.07) is 3.53. The summed E-state index contributed by atoms with van der Waals surface area (Å²) >= 11 is 6.13. The molecule has 1 amide bonds. The van der Waals surface area contributed by atoms with Crippen LogP contribution >= 0.6 is 23.6 Å². The van der Waals surface area contributed by atoms with Gasteiger partial charge in [-0.1, -0.05) is 12.1 Å². The summed E-state index contributed by atoms with van der Waals surface area (Å²) in [7, 11) is 0. The van der Waals surface area contributed by atoms with Crippen molar-refractivity contribution in [2.24, 2.45) is 5.73 Å². The topological polar surface area (TPSA) is 58.4 Å². The smallest absolute Gasteiger partial charge is 0.279 e. The molecule has 3 N–H and O–H groups in total. The number of hydrogen-bond donors (Lipinski definition) is 2. The Kier molecular flexibility index (Phi) is 4.26. The van der Waals surface area contributed by atoms with E-state index in [1.165, 1.54) is 16.3 Å². The average Bonchev–Trinajstić information content (AvgIpc) is 2.69. The van der Waals surface area contributed by atoms with Crippen molar-refractivity contribution in [2.75, 3.05) is 6.54 Å². The fraction of sp³-hybridized carbons (Fsp3) is 0.111. The van der Waals surface area contributed by atoms with Gasteiger partial charge in [-0.05, 0) is 23.7 Å². The fourth-order valence-electron chi connectivity index (χ4n) is 0.905. The highest BCUT2D eigenvalue weighted by Gasteiger charge is 2.11. The van der Waals surface area contributed by atoms with E-state index in [1.807, 2.05) is 5.38 Å². The molecule has 15 heavy (non-hydrogen) atoms. The zero-order valence-electron chi connectivity index (χ0n) is 7.97. The maximum Gasteiger partial charge on any atom is 0.279 e. The van der Waals surface area contributed by atoms with E-state index in [2.05, 4.69) is 12.0 Å². The van der Waals surface area contributed by atoms with Crippen molar-refractivity contribution in [3.63, 3.8) is 0 Å². The molecule has 0 saturated heterocycles. The lowest BCUT2D eigenvalue weighted by atomic mass is 10.4. The van der Waals surface area contributed by atoms with Crippen LogP contribution in [-0.2, 0) is 0 Å². The van der Waals surface area contributed by atoms with Gasteiger partial charge < -0.3 is 5.73 Å². The first-order valence-electron chi connectivity index (χ1n) is 4.17. The van der Waals surface area contributed by atoms with Crippen molar-refractivity contribution >= 4 is 34.6 Å². The minimum absolute atomic E-state index is 0.111. The van der Waals surface area contributed by atoms with Gasteiger partial charge in [0.2, 0.25) is 0 Å². The van der Waals surface area contributed by atoms with Crippen LogP contribution in [-0.4, -0.2) is 22.6 Å². The monoisotopic (exact) mass is 241 g/mol. The van der Waals surface area contributed by atoms with Crippen LogP contribution in [0, 0.1) is 0 Å². The minimum Gasteiger partial charge on any atom is -0.375 e. The predicted octanol–water partition coefficient (Wildman–Crippen LogP) is 1.12. The molecule has 1 rings (SSSR count). The Labute approximate surface area is 97.3 Å². The molecular formula is C9H11N3OS2. The van der Waals surface area contributed by atoms with Crippen molar-refractivity contribution in [1.29, 1.82) is 0 Å². The number of hydrazine groups is 1. The van der Waals surface area contributed by atoms with E-state index in [-0.39, 0.29) is 11.0 Å². The summed E-state index contributed by atoms with van der Waals surface area (Å²) in [6.07, 6.45) is 1.61. The molecule has 1 heterocycles. The first-order chi connectivity index (χ1) is 7.15. The zero-order chi connectivity index (χ0) is 11.3. The second-order valence-electron chi connectivity index (χ2n) is 2.66. The van der Waals surface area contributed by atoms with E-state index in [9.17, 15) is 4.79 Å². The van der Waals surface area contributed by atoms with Gasteiger partial charge in [-0.3, -0.25) is 15.2 Å². The van der Waals surface area contributed by atoms with Gasteiger partial charge in [-0.15, -0.1) is 17.9 Å². The van der Waals surface area contributed by atoms with Gasteiger partial charge in [-0.25, -0.2) is 0 Å². The molecular weight excluding hydrogens is 230 g/mol. The molecule has 0 atom stereocenters. The summed E-state index contributed by atoms with van der Waals surface area (Å²) in [6.45, 7) is 3.93. The Bertz CT molecular complexity index is 361. The molecule has 0 unspecified atom stereocenters. The van der Waals surface area contributed by atoms with Gasteiger partial charge in [0, 0.05) is 0 Å². The first-order valence-corrected chi connectivity index (χ1v) is 5.46. The van der Waals surface area contributed by atoms with Crippen LogP contribution in [0.5, 0.6) is 0 Å². The number of carbonyl (C=O) groups excluding carboxylic acids is 1. The molecule has 0 aliphatic rings. The lowest BCUT2D eigenvalue weighted by Gasteiger charge is -2.21. The van der Waals surface area contributed by atoms with Crippen molar-refractivity contribution in [1.82, 2.24) is 10.4 Å². The highest BCUT2D eigenvalue weighted by Crippen LogP contribution is 2.07. The number of hydrogen-bond acceptors (Lipinski definition) is 3. The average molecular weight is 241 g/mol. The molecule has 0 aliphatic heterocycles. The van der Waals surface area contributed by atoms with E-state index in [4.69, 9.17) is 18.0 Å². The summed E-state index contributed by atoms with van der Waals surface area (Å²) in [5, 5.41) is 3.30. The Morgan fingerprint density at radius 2 is 2.53 bits per heavy atom. The number of amides is 1.